The Morgan fingerprint density at radius 1 is 1.09 bits per heavy atom. The zero-order chi connectivity index (χ0) is 15.3. The fraction of sp³-hybridized carbons (Fsp3) is 0.700. The van der Waals surface area contributed by atoms with Gasteiger partial charge in [0, 0.05) is 30.1 Å². The quantitative estimate of drug-likeness (QED) is 0.902. The van der Waals surface area contributed by atoms with E-state index in [1.54, 1.807) is 0 Å². The molecule has 1 saturated carbocycles. The smallest absolute Gasteiger partial charge is 0.124 e. The second kappa shape index (κ2) is 5.49. The number of hydrogen-bond donors (Lipinski definition) is 1. The Hall–Kier alpha value is -1.06. The molecule has 124 valence electrons. The third-order valence-corrected chi connectivity index (χ3v) is 6.72. The van der Waals surface area contributed by atoms with Gasteiger partial charge in [0.05, 0.1) is 0 Å². The lowest BCUT2D eigenvalue weighted by Crippen LogP contribution is -2.52. The van der Waals surface area contributed by atoms with Crippen LogP contribution in [0.1, 0.15) is 63.0 Å². The number of para-hydroxylation sites is 1. The highest BCUT2D eigenvalue weighted by atomic mass is 16.5. The maximum Gasteiger partial charge on any atom is 0.124 e. The van der Waals surface area contributed by atoms with Crippen LogP contribution < -0.4 is 10.1 Å². The van der Waals surface area contributed by atoms with Gasteiger partial charge in [-0.3, -0.25) is 0 Å². The van der Waals surface area contributed by atoms with Crippen molar-refractivity contribution in [3.63, 3.8) is 0 Å². The van der Waals surface area contributed by atoms with E-state index in [0.717, 1.165) is 18.2 Å². The van der Waals surface area contributed by atoms with Crippen LogP contribution >= 0.6 is 0 Å². The standard InChI is InChI=1S/C20H28N2O/c1-2-7-19-17(6-1)18(14-20(23-19)9-4-10-20)21-15-8-12-22-11-3-5-16(22)13-15/h1-2,6-7,15-16,18,21H,3-5,8-14H2. The fourth-order valence-corrected chi connectivity index (χ4v) is 5.30. The Kier molecular flexibility index (Phi) is 3.41. The maximum absolute atomic E-state index is 6.40. The van der Waals surface area contributed by atoms with Crippen LogP contribution in [0.25, 0.3) is 0 Å². The Balaban J connectivity index is 1.35. The number of benzene rings is 1. The molecular formula is C20H28N2O. The van der Waals surface area contributed by atoms with Crippen LogP contribution in [0.15, 0.2) is 24.3 Å². The fourth-order valence-electron chi connectivity index (χ4n) is 5.30. The van der Waals surface area contributed by atoms with E-state index >= 15 is 0 Å². The monoisotopic (exact) mass is 312 g/mol. The molecule has 1 spiro atoms. The van der Waals surface area contributed by atoms with E-state index < -0.39 is 0 Å². The lowest BCUT2D eigenvalue weighted by Gasteiger charge is -2.49. The van der Waals surface area contributed by atoms with Crippen LogP contribution in [-0.2, 0) is 0 Å². The van der Waals surface area contributed by atoms with Gasteiger partial charge in [0.2, 0.25) is 0 Å². The summed E-state index contributed by atoms with van der Waals surface area (Å²) in [6.07, 6.45) is 10.4. The van der Waals surface area contributed by atoms with Crippen LogP contribution in [0.5, 0.6) is 5.75 Å². The van der Waals surface area contributed by atoms with Crippen molar-refractivity contribution in [1.29, 1.82) is 0 Å². The second-order valence-corrected chi connectivity index (χ2v) is 8.15. The first-order chi connectivity index (χ1) is 11.3. The van der Waals surface area contributed by atoms with Crippen molar-refractivity contribution in [2.75, 3.05) is 13.1 Å². The molecule has 4 aliphatic rings. The second-order valence-electron chi connectivity index (χ2n) is 8.15. The van der Waals surface area contributed by atoms with Gasteiger partial charge in [-0.25, -0.2) is 0 Å². The Morgan fingerprint density at radius 2 is 2.00 bits per heavy atom. The summed E-state index contributed by atoms with van der Waals surface area (Å²) in [6, 6.07) is 10.7. The summed E-state index contributed by atoms with van der Waals surface area (Å²) >= 11 is 0. The van der Waals surface area contributed by atoms with Gasteiger partial charge >= 0.3 is 0 Å². The molecule has 1 aromatic carbocycles. The molecule has 0 amide bonds. The minimum Gasteiger partial charge on any atom is -0.487 e. The van der Waals surface area contributed by atoms with Crippen molar-refractivity contribution in [1.82, 2.24) is 10.2 Å². The van der Waals surface area contributed by atoms with Gasteiger partial charge in [0.25, 0.3) is 0 Å². The first kappa shape index (κ1) is 14.3. The van der Waals surface area contributed by atoms with E-state index in [9.17, 15) is 0 Å². The van der Waals surface area contributed by atoms with Gasteiger partial charge in [-0.2, -0.15) is 0 Å². The summed E-state index contributed by atoms with van der Waals surface area (Å²) in [5.74, 6) is 1.13. The van der Waals surface area contributed by atoms with Crippen LogP contribution in [-0.4, -0.2) is 35.7 Å². The highest BCUT2D eigenvalue weighted by Gasteiger charge is 2.46. The van der Waals surface area contributed by atoms with Crippen molar-refractivity contribution in [2.24, 2.45) is 0 Å². The zero-order valence-corrected chi connectivity index (χ0v) is 14.0. The van der Waals surface area contributed by atoms with Crippen molar-refractivity contribution in [2.45, 2.75) is 75.1 Å². The summed E-state index contributed by atoms with van der Waals surface area (Å²) < 4.78 is 6.40. The Bertz CT molecular complexity index is 583. The molecule has 5 rings (SSSR count). The molecule has 1 N–H and O–H groups in total. The number of nitrogens with one attached hydrogen (secondary N) is 1. The number of piperidine rings is 1. The van der Waals surface area contributed by atoms with E-state index in [0.29, 0.717) is 12.1 Å². The van der Waals surface area contributed by atoms with Crippen LogP contribution in [0.2, 0.25) is 0 Å². The molecule has 0 aromatic heterocycles. The maximum atomic E-state index is 6.40. The van der Waals surface area contributed by atoms with E-state index in [4.69, 9.17) is 4.74 Å². The molecule has 3 aliphatic heterocycles. The van der Waals surface area contributed by atoms with Gasteiger partial charge < -0.3 is 15.0 Å². The summed E-state index contributed by atoms with van der Waals surface area (Å²) in [5.41, 5.74) is 1.53. The first-order valence-corrected chi connectivity index (χ1v) is 9.59. The lowest BCUT2D eigenvalue weighted by molar-refractivity contribution is -0.0390. The van der Waals surface area contributed by atoms with E-state index in [2.05, 4.69) is 34.5 Å². The molecule has 0 bridgehead atoms. The van der Waals surface area contributed by atoms with Gasteiger partial charge in [-0.05, 0) is 64.1 Å². The minimum absolute atomic E-state index is 0.139. The molecule has 1 aromatic rings. The molecule has 1 aliphatic carbocycles. The minimum atomic E-state index is 0.139. The number of rotatable bonds is 2. The number of nitrogens with zero attached hydrogens (tertiary/aromatic N) is 1. The van der Waals surface area contributed by atoms with Crippen LogP contribution in [0.3, 0.4) is 0 Å². The predicted octanol–water partition coefficient (Wildman–Crippen LogP) is 3.65. The van der Waals surface area contributed by atoms with Crippen molar-refractivity contribution < 1.29 is 4.74 Å². The SMILES string of the molecule is c1ccc2c(c1)OC1(CCC1)CC2NC1CCN2CCCC2C1. The van der Waals surface area contributed by atoms with Gasteiger partial charge in [-0.1, -0.05) is 18.2 Å². The van der Waals surface area contributed by atoms with Crippen LogP contribution in [0.4, 0.5) is 0 Å². The van der Waals surface area contributed by atoms with E-state index in [-0.39, 0.29) is 5.60 Å². The molecular weight excluding hydrogens is 284 g/mol. The molecule has 3 heterocycles. The molecule has 3 nitrogen and oxygen atoms in total. The summed E-state index contributed by atoms with van der Waals surface area (Å²) in [4.78, 5) is 2.71. The first-order valence-electron chi connectivity index (χ1n) is 9.59. The zero-order valence-electron chi connectivity index (χ0n) is 14.0. The normalized spacial score (nSPS) is 35.2. The summed E-state index contributed by atoms with van der Waals surface area (Å²) in [5, 5.41) is 4.04. The van der Waals surface area contributed by atoms with Gasteiger partial charge in [0.15, 0.2) is 0 Å². The highest BCUT2D eigenvalue weighted by molar-refractivity contribution is 5.39. The topological polar surface area (TPSA) is 24.5 Å². The predicted molar refractivity (Wildman–Crippen MR) is 91.8 cm³/mol. The van der Waals surface area contributed by atoms with Crippen LogP contribution in [0, 0.1) is 0 Å². The van der Waals surface area contributed by atoms with Crippen molar-refractivity contribution >= 4 is 0 Å². The van der Waals surface area contributed by atoms with Crippen molar-refractivity contribution in [3.8, 4) is 5.75 Å². The molecule has 3 unspecified atom stereocenters. The summed E-state index contributed by atoms with van der Waals surface area (Å²) in [7, 11) is 0. The third-order valence-electron chi connectivity index (χ3n) is 6.72. The Labute approximate surface area is 139 Å². The Morgan fingerprint density at radius 3 is 2.87 bits per heavy atom. The average Bonchev–Trinajstić information content (AvgIpc) is 3.01. The molecule has 3 fully saturated rings. The molecule has 0 radical (unpaired) electrons. The van der Waals surface area contributed by atoms with Crippen molar-refractivity contribution in [3.05, 3.63) is 29.8 Å². The average molecular weight is 312 g/mol. The summed E-state index contributed by atoms with van der Waals surface area (Å²) in [6.45, 7) is 2.62. The molecule has 2 saturated heterocycles. The number of hydrogen-bond acceptors (Lipinski definition) is 3. The number of fused-ring (bicyclic) bond motifs is 2. The van der Waals surface area contributed by atoms with E-state index in [1.807, 2.05) is 0 Å². The van der Waals surface area contributed by atoms with Gasteiger partial charge in [-0.15, -0.1) is 0 Å². The lowest BCUT2D eigenvalue weighted by atomic mass is 9.72. The molecule has 23 heavy (non-hydrogen) atoms. The van der Waals surface area contributed by atoms with E-state index in [1.165, 1.54) is 63.6 Å². The largest absolute Gasteiger partial charge is 0.487 e. The molecule has 3 heteroatoms. The molecule has 3 atom stereocenters. The van der Waals surface area contributed by atoms with Gasteiger partial charge in [0.1, 0.15) is 11.4 Å². The third kappa shape index (κ3) is 2.49. The highest BCUT2D eigenvalue weighted by Crippen LogP contribution is 2.49. The number of ether oxygens (including phenoxy) is 1.